The van der Waals surface area contributed by atoms with Crippen LogP contribution in [0.3, 0.4) is 0 Å². The van der Waals surface area contributed by atoms with Gasteiger partial charge in [-0.15, -0.1) is 0 Å². The number of rotatable bonds is 5. The molecular weight excluding hydrogens is 240 g/mol. The van der Waals surface area contributed by atoms with Crippen LogP contribution < -0.4 is 15.4 Å². The molecule has 1 aromatic carbocycles. The van der Waals surface area contributed by atoms with Gasteiger partial charge in [-0.1, -0.05) is 12.1 Å². The molecule has 0 unspecified atom stereocenters. The Kier molecular flexibility index (Phi) is 5.21. The number of piperidine rings is 1. The fourth-order valence-electron chi connectivity index (χ4n) is 2.34. The van der Waals surface area contributed by atoms with E-state index < -0.39 is 0 Å². The second-order valence-electron chi connectivity index (χ2n) is 5.02. The second-order valence-corrected chi connectivity index (χ2v) is 5.02. The predicted molar refractivity (Wildman–Crippen MR) is 75.3 cm³/mol. The van der Waals surface area contributed by atoms with Gasteiger partial charge in [-0.05, 0) is 49.5 Å². The molecule has 104 valence electrons. The Morgan fingerprint density at radius 3 is 2.63 bits per heavy atom. The van der Waals surface area contributed by atoms with Crippen LogP contribution in [0.25, 0.3) is 0 Å². The Balaban J connectivity index is 1.73. The Bertz CT molecular complexity index is 397. The maximum Gasteiger partial charge on any atom is 0.224 e. The van der Waals surface area contributed by atoms with Crippen LogP contribution in [0.1, 0.15) is 18.4 Å². The maximum atomic E-state index is 11.9. The van der Waals surface area contributed by atoms with Gasteiger partial charge in [0.25, 0.3) is 0 Å². The average molecular weight is 262 g/mol. The summed E-state index contributed by atoms with van der Waals surface area (Å²) in [5, 5.41) is 6.36. The number of nitrogens with one attached hydrogen (secondary N) is 2. The highest BCUT2D eigenvalue weighted by atomic mass is 16.5. The van der Waals surface area contributed by atoms with E-state index in [1.807, 2.05) is 24.3 Å². The number of amides is 1. The van der Waals surface area contributed by atoms with Gasteiger partial charge in [0.05, 0.1) is 13.5 Å². The zero-order valence-corrected chi connectivity index (χ0v) is 11.4. The molecule has 1 aliphatic heterocycles. The number of ether oxygens (including phenoxy) is 1. The van der Waals surface area contributed by atoms with Crippen molar-refractivity contribution in [2.24, 2.45) is 5.92 Å². The zero-order chi connectivity index (χ0) is 13.5. The van der Waals surface area contributed by atoms with Crippen LogP contribution in [-0.2, 0) is 11.2 Å². The monoisotopic (exact) mass is 262 g/mol. The summed E-state index contributed by atoms with van der Waals surface area (Å²) in [5.74, 6) is 1.55. The van der Waals surface area contributed by atoms with E-state index >= 15 is 0 Å². The van der Waals surface area contributed by atoms with Crippen molar-refractivity contribution in [3.05, 3.63) is 29.8 Å². The van der Waals surface area contributed by atoms with Crippen molar-refractivity contribution < 1.29 is 9.53 Å². The van der Waals surface area contributed by atoms with E-state index in [0.29, 0.717) is 12.3 Å². The molecule has 0 spiro atoms. The molecule has 19 heavy (non-hydrogen) atoms. The maximum absolute atomic E-state index is 11.9. The van der Waals surface area contributed by atoms with Crippen molar-refractivity contribution in [3.8, 4) is 5.75 Å². The smallest absolute Gasteiger partial charge is 0.224 e. The molecule has 1 aliphatic rings. The molecule has 0 radical (unpaired) electrons. The molecule has 0 aromatic heterocycles. The van der Waals surface area contributed by atoms with Crippen LogP contribution in [0.4, 0.5) is 0 Å². The molecule has 1 aromatic rings. The van der Waals surface area contributed by atoms with Gasteiger partial charge in [0.15, 0.2) is 0 Å². The van der Waals surface area contributed by atoms with Crippen LogP contribution in [0.2, 0.25) is 0 Å². The number of hydrogen-bond acceptors (Lipinski definition) is 3. The van der Waals surface area contributed by atoms with Gasteiger partial charge < -0.3 is 15.4 Å². The summed E-state index contributed by atoms with van der Waals surface area (Å²) in [6, 6.07) is 7.64. The van der Waals surface area contributed by atoms with Gasteiger partial charge >= 0.3 is 0 Å². The number of benzene rings is 1. The fourth-order valence-corrected chi connectivity index (χ4v) is 2.34. The van der Waals surface area contributed by atoms with Crippen molar-refractivity contribution in [2.45, 2.75) is 19.3 Å². The van der Waals surface area contributed by atoms with Gasteiger partial charge in [-0.3, -0.25) is 4.79 Å². The molecule has 0 atom stereocenters. The van der Waals surface area contributed by atoms with E-state index in [-0.39, 0.29) is 5.91 Å². The van der Waals surface area contributed by atoms with Crippen molar-refractivity contribution >= 4 is 5.91 Å². The molecule has 1 heterocycles. The Morgan fingerprint density at radius 1 is 1.32 bits per heavy atom. The fraction of sp³-hybridized carbons (Fsp3) is 0.533. The summed E-state index contributed by atoms with van der Waals surface area (Å²) in [5.41, 5.74) is 1.02. The topological polar surface area (TPSA) is 50.4 Å². The first kappa shape index (κ1) is 13.9. The lowest BCUT2D eigenvalue weighted by molar-refractivity contribution is -0.120. The van der Waals surface area contributed by atoms with Crippen LogP contribution in [0.15, 0.2) is 24.3 Å². The molecule has 2 rings (SSSR count). The van der Waals surface area contributed by atoms with Gasteiger partial charge in [0.1, 0.15) is 5.75 Å². The van der Waals surface area contributed by atoms with Crippen molar-refractivity contribution in [2.75, 3.05) is 26.7 Å². The highest BCUT2D eigenvalue weighted by Crippen LogP contribution is 2.12. The van der Waals surface area contributed by atoms with Crippen LogP contribution in [-0.4, -0.2) is 32.7 Å². The third-order valence-corrected chi connectivity index (χ3v) is 3.57. The largest absolute Gasteiger partial charge is 0.497 e. The molecule has 0 bridgehead atoms. The Hall–Kier alpha value is -1.55. The molecule has 0 aliphatic carbocycles. The van der Waals surface area contributed by atoms with Gasteiger partial charge in [-0.2, -0.15) is 0 Å². The highest BCUT2D eigenvalue weighted by Gasteiger charge is 2.13. The van der Waals surface area contributed by atoms with Gasteiger partial charge in [0, 0.05) is 6.54 Å². The van der Waals surface area contributed by atoms with E-state index in [1.54, 1.807) is 7.11 Å². The lowest BCUT2D eigenvalue weighted by Gasteiger charge is -2.22. The molecule has 1 fully saturated rings. The highest BCUT2D eigenvalue weighted by molar-refractivity contribution is 5.78. The van der Waals surface area contributed by atoms with Crippen LogP contribution in [0.5, 0.6) is 5.75 Å². The Labute approximate surface area is 114 Å². The number of hydrogen-bond donors (Lipinski definition) is 2. The molecule has 4 heteroatoms. The van der Waals surface area contributed by atoms with Gasteiger partial charge in [0.2, 0.25) is 5.91 Å². The van der Waals surface area contributed by atoms with Crippen LogP contribution >= 0.6 is 0 Å². The summed E-state index contributed by atoms with van der Waals surface area (Å²) in [7, 11) is 1.64. The van der Waals surface area contributed by atoms with E-state index in [2.05, 4.69) is 10.6 Å². The molecule has 1 saturated heterocycles. The minimum atomic E-state index is 0.101. The average Bonchev–Trinajstić information content (AvgIpc) is 2.47. The third-order valence-electron chi connectivity index (χ3n) is 3.57. The summed E-state index contributed by atoms with van der Waals surface area (Å²) in [6.45, 7) is 2.94. The van der Waals surface area contributed by atoms with Crippen molar-refractivity contribution in [1.29, 1.82) is 0 Å². The quantitative estimate of drug-likeness (QED) is 0.842. The second kappa shape index (κ2) is 7.14. The van der Waals surface area contributed by atoms with Crippen molar-refractivity contribution in [3.63, 3.8) is 0 Å². The first-order valence-corrected chi connectivity index (χ1v) is 6.88. The molecule has 0 saturated carbocycles. The molecule has 2 N–H and O–H groups in total. The predicted octanol–water partition coefficient (Wildman–Crippen LogP) is 1.35. The number of carbonyl (C=O) groups is 1. The lowest BCUT2D eigenvalue weighted by Crippen LogP contribution is -2.36. The summed E-state index contributed by atoms with van der Waals surface area (Å²) >= 11 is 0. The first-order valence-electron chi connectivity index (χ1n) is 6.88. The standard InChI is InChI=1S/C15H22N2O2/c1-19-14-4-2-12(3-5-14)10-15(18)17-11-13-6-8-16-9-7-13/h2-5,13,16H,6-11H2,1H3,(H,17,18). The minimum Gasteiger partial charge on any atom is -0.497 e. The Morgan fingerprint density at radius 2 is 2.00 bits per heavy atom. The SMILES string of the molecule is COc1ccc(CC(=O)NCC2CCNCC2)cc1. The van der Waals surface area contributed by atoms with E-state index in [9.17, 15) is 4.79 Å². The summed E-state index contributed by atoms with van der Waals surface area (Å²) in [6.07, 6.45) is 2.75. The van der Waals surface area contributed by atoms with E-state index in [0.717, 1.165) is 43.8 Å². The van der Waals surface area contributed by atoms with E-state index in [4.69, 9.17) is 4.74 Å². The van der Waals surface area contributed by atoms with Crippen LogP contribution in [0, 0.1) is 5.92 Å². The first-order chi connectivity index (χ1) is 9.28. The summed E-state index contributed by atoms with van der Waals surface area (Å²) in [4.78, 5) is 11.9. The lowest BCUT2D eigenvalue weighted by atomic mass is 9.98. The molecular formula is C15H22N2O2. The van der Waals surface area contributed by atoms with E-state index in [1.165, 1.54) is 0 Å². The molecule has 1 amide bonds. The molecule has 4 nitrogen and oxygen atoms in total. The zero-order valence-electron chi connectivity index (χ0n) is 11.4. The number of methoxy groups -OCH3 is 1. The van der Waals surface area contributed by atoms with Gasteiger partial charge in [-0.25, -0.2) is 0 Å². The number of carbonyl (C=O) groups excluding carboxylic acids is 1. The normalized spacial score (nSPS) is 16.1. The van der Waals surface area contributed by atoms with Crippen molar-refractivity contribution in [1.82, 2.24) is 10.6 Å². The third kappa shape index (κ3) is 4.56. The minimum absolute atomic E-state index is 0.101. The summed E-state index contributed by atoms with van der Waals surface area (Å²) < 4.78 is 5.09.